The Kier molecular flexibility index (Phi) is 7.43. The highest BCUT2D eigenvalue weighted by molar-refractivity contribution is 5.90. The van der Waals surface area contributed by atoms with E-state index in [0.29, 0.717) is 19.6 Å². The van der Waals surface area contributed by atoms with Crippen LogP contribution in [-0.2, 0) is 9.53 Å². The molecular formula is C16H23NO3. The molecule has 4 nitrogen and oxygen atoms in total. The van der Waals surface area contributed by atoms with Gasteiger partial charge in [0.15, 0.2) is 0 Å². The van der Waals surface area contributed by atoms with Crippen molar-refractivity contribution in [3.8, 4) is 5.75 Å². The van der Waals surface area contributed by atoms with Crippen LogP contribution in [0.4, 0.5) is 5.69 Å². The minimum Gasteiger partial charge on any atom is -0.489 e. The molecule has 0 radical (unpaired) electrons. The molecule has 20 heavy (non-hydrogen) atoms. The Morgan fingerprint density at radius 1 is 1.35 bits per heavy atom. The third kappa shape index (κ3) is 6.95. The Bertz CT molecular complexity index is 443. The summed E-state index contributed by atoms with van der Waals surface area (Å²) >= 11 is 0. The van der Waals surface area contributed by atoms with Gasteiger partial charge >= 0.3 is 0 Å². The number of ether oxygens (including phenoxy) is 2. The molecule has 0 spiro atoms. The molecule has 4 heteroatoms. The van der Waals surface area contributed by atoms with Crippen molar-refractivity contribution in [2.24, 2.45) is 0 Å². The van der Waals surface area contributed by atoms with Crippen LogP contribution in [0.15, 0.2) is 36.4 Å². The van der Waals surface area contributed by atoms with Gasteiger partial charge in [-0.15, -0.1) is 0 Å². The quantitative estimate of drug-likeness (QED) is 0.556. The van der Waals surface area contributed by atoms with E-state index in [9.17, 15) is 4.79 Å². The lowest BCUT2D eigenvalue weighted by Crippen LogP contribution is -2.11. The van der Waals surface area contributed by atoms with Gasteiger partial charge in [-0.25, -0.2) is 0 Å². The van der Waals surface area contributed by atoms with Gasteiger partial charge in [0.05, 0.1) is 0 Å². The van der Waals surface area contributed by atoms with Crippen LogP contribution in [0.5, 0.6) is 5.75 Å². The number of carbonyl (C=O) groups is 1. The maximum absolute atomic E-state index is 11.7. The molecule has 0 saturated carbocycles. The Balaban J connectivity index is 2.40. The van der Waals surface area contributed by atoms with E-state index in [-0.39, 0.29) is 5.91 Å². The number of anilines is 1. The summed E-state index contributed by atoms with van der Waals surface area (Å²) in [7, 11) is 1.66. The topological polar surface area (TPSA) is 47.6 Å². The molecule has 0 aromatic heterocycles. The van der Waals surface area contributed by atoms with Crippen LogP contribution in [0.1, 0.15) is 26.2 Å². The zero-order valence-corrected chi connectivity index (χ0v) is 12.3. The minimum atomic E-state index is 0.0122. The predicted molar refractivity (Wildman–Crippen MR) is 81.1 cm³/mol. The Morgan fingerprint density at radius 2 is 2.15 bits per heavy atom. The Labute approximate surface area is 120 Å². The smallest absolute Gasteiger partial charge is 0.224 e. The van der Waals surface area contributed by atoms with Gasteiger partial charge in [-0.1, -0.05) is 12.6 Å². The van der Waals surface area contributed by atoms with Crippen molar-refractivity contribution in [3.63, 3.8) is 0 Å². The zero-order chi connectivity index (χ0) is 14.8. The molecule has 110 valence electrons. The minimum absolute atomic E-state index is 0.0122. The lowest BCUT2D eigenvalue weighted by Gasteiger charge is -2.09. The second-order valence-electron chi connectivity index (χ2n) is 4.77. The van der Waals surface area contributed by atoms with Crippen molar-refractivity contribution >= 4 is 11.6 Å². The summed E-state index contributed by atoms with van der Waals surface area (Å²) in [4.78, 5) is 11.7. The van der Waals surface area contributed by atoms with Gasteiger partial charge < -0.3 is 14.8 Å². The zero-order valence-electron chi connectivity index (χ0n) is 12.3. The first-order valence-electron chi connectivity index (χ1n) is 6.78. The highest BCUT2D eigenvalue weighted by Gasteiger charge is 2.03. The van der Waals surface area contributed by atoms with Crippen LogP contribution in [-0.4, -0.2) is 26.2 Å². The monoisotopic (exact) mass is 277 g/mol. The third-order valence-corrected chi connectivity index (χ3v) is 2.61. The van der Waals surface area contributed by atoms with Gasteiger partial charge in [0, 0.05) is 31.9 Å². The summed E-state index contributed by atoms with van der Waals surface area (Å²) in [5.41, 5.74) is 1.71. The second-order valence-corrected chi connectivity index (χ2v) is 4.77. The van der Waals surface area contributed by atoms with Crippen molar-refractivity contribution in [2.45, 2.75) is 26.2 Å². The summed E-state index contributed by atoms with van der Waals surface area (Å²) in [6, 6.07) is 7.38. The van der Waals surface area contributed by atoms with Crippen LogP contribution >= 0.6 is 0 Å². The molecule has 1 rings (SSSR count). The first kappa shape index (κ1) is 16.2. The number of hydrogen-bond acceptors (Lipinski definition) is 3. The summed E-state index contributed by atoms with van der Waals surface area (Å²) in [5, 5.41) is 2.86. The molecule has 1 N–H and O–H groups in total. The Morgan fingerprint density at radius 3 is 2.85 bits per heavy atom. The normalized spacial score (nSPS) is 10.1. The molecule has 0 aliphatic heterocycles. The molecule has 0 aliphatic carbocycles. The summed E-state index contributed by atoms with van der Waals surface area (Å²) in [6.45, 7) is 6.87. The number of unbranched alkanes of at least 4 members (excludes halogenated alkanes) is 1. The maximum Gasteiger partial charge on any atom is 0.224 e. The van der Waals surface area contributed by atoms with Crippen LogP contribution < -0.4 is 10.1 Å². The SMILES string of the molecule is C=C(C)COc1cccc(NC(=O)CCCCOC)c1. The molecule has 0 aliphatic rings. The molecule has 0 fully saturated rings. The number of hydrogen-bond donors (Lipinski definition) is 1. The van der Waals surface area contributed by atoms with Gasteiger partial charge in [0.1, 0.15) is 12.4 Å². The fourth-order valence-electron chi connectivity index (χ4n) is 1.63. The Hall–Kier alpha value is -1.81. The van der Waals surface area contributed by atoms with Crippen molar-refractivity contribution in [3.05, 3.63) is 36.4 Å². The van der Waals surface area contributed by atoms with E-state index in [1.807, 2.05) is 31.2 Å². The first-order valence-corrected chi connectivity index (χ1v) is 6.78. The van der Waals surface area contributed by atoms with Crippen molar-refractivity contribution in [1.82, 2.24) is 0 Å². The molecule has 0 unspecified atom stereocenters. The van der Waals surface area contributed by atoms with Gasteiger partial charge in [0.25, 0.3) is 0 Å². The van der Waals surface area contributed by atoms with Crippen molar-refractivity contribution < 1.29 is 14.3 Å². The van der Waals surface area contributed by atoms with Gasteiger partial charge in [-0.3, -0.25) is 4.79 Å². The predicted octanol–water partition coefficient (Wildman–Crippen LogP) is 3.40. The van der Waals surface area contributed by atoms with Crippen molar-refractivity contribution in [2.75, 3.05) is 25.6 Å². The standard InChI is InChI=1S/C16H23NO3/c1-13(2)12-20-15-8-6-7-14(11-15)17-16(18)9-4-5-10-19-3/h6-8,11H,1,4-5,9-10,12H2,2-3H3,(H,17,18). The van der Waals surface area contributed by atoms with E-state index < -0.39 is 0 Å². The van der Waals surface area contributed by atoms with E-state index in [4.69, 9.17) is 9.47 Å². The van der Waals surface area contributed by atoms with E-state index in [1.165, 1.54) is 0 Å². The fourth-order valence-corrected chi connectivity index (χ4v) is 1.63. The van der Waals surface area contributed by atoms with Gasteiger partial charge in [-0.05, 0) is 37.5 Å². The number of nitrogens with one attached hydrogen (secondary N) is 1. The summed E-state index contributed by atoms with van der Waals surface area (Å²) in [6.07, 6.45) is 2.22. The molecular weight excluding hydrogens is 254 g/mol. The fraction of sp³-hybridized carbons (Fsp3) is 0.438. The van der Waals surface area contributed by atoms with E-state index in [2.05, 4.69) is 11.9 Å². The average molecular weight is 277 g/mol. The van der Waals surface area contributed by atoms with Gasteiger partial charge in [-0.2, -0.15) is 0 Å². The van der Waals surface area contributed by atoms with Crippen molar-refractivity contribution in [1.29, 1.82) is 0 Å². The molecule has 1 amide bonds. The highest BCUT2D eigenvalue weighted by atomic mass is 16.5. The maximum atomic E-state index is 11.7. The second kappa shape index (κ2) is 9.15. The average Bonchev–Trinajstić information content (AvgIpc) is 2.42. The molecule has 0 saturated heterocycles. The number of amides is 1. The van der Waals surface area contributed by atoms with Crippen LogP contribution in [0.3, 0.4) is 0 Å². The largest absolute Gasteiger partial charge is 0.489 e. The third-order valence-electron chi connectivity index (χ3n) is 2.61. The number of rotatable bonds is 9. The lowest BCUT2D eigenvalue weighted by molar-refractivity contribution is -0.116. The highest BCUT2D eigenvalue weighted by Crippen LogP contribution is 2.18. The molecule has 1 aromatic carbocycles. The number of methoxy groups -OCH3 is 1. The lowest BCUT2D eigenvalue weighted by atomic mass is 10.2. The summed E-state index contributed by atoms with van der Waals surface area (Å²) in [5.74, 6) is 0.739. The van der Waals surface area contributed by atoms with E-state index in [0.717, 1.165) is 29.9 Å². The van der Waals surface area contributed by atoms with Crippen LogP contribution in [0, 0.1) is 0 Å². The first-order chi connectivity index (χ1) is 9.61. The number of carbonyl (C=O) groups excluding carboxylic acids is 1. The number of benzene rings is 1. The molecule has 0 heterocycles. The molecule has 0 bridgehead atoms. The van der Waals surface area contributed by atoms with E-state index in [1.54, 1.807) is 7.11 Å². The summed E-state index contributed by atoms with van der Waals surface area (Å²) < 4.78 is 10.5. The van der Waals surface area contributed by atoms with Crippen LogP contribution in [0.2, 0.25) is 0 Å². The van der Waals surface area contributed by atoms with Crippen LogP contribution in [0.25, 0.3) is 0 Å². The molecule has 1 aromatic rings. The van der Waals surface area contributed by atoms with Gasteiger partial charge in [0.2, 0.25) is 5.91 Å². The molecule has 0 atom stereocenters. The van der Waals surface area contributed by atoms with E-state index >= 15 is 0 Å².